The average Bonchev–Trinajstić information content (AvgIpc) is 2.97. The van der Waals surface area contributed by atoms with Crippen molar-refractivity contribution in [3.8, 4) is 0 Å². The van der Waals surface area contributed by atoms with E-state index >= 15 is 0 Å². The molecule has 0 radical (unpaired) electrons. The van der Waals surface area contributed by atoms with E-state index in [-0.39, 0.29) is 5.56 Å². The zero-order chi connectivity index (χ0) is 14.0. The molecule has 2 aromatic heterocycles. The summed E-state index contributed by atoms with van der Waals surface area (Å²) in [5, 5.41) is 2.50. The number of halogens is 3. The van der Waals surface area contributed by atoms with Crippen molar-refractivity contribution in [2.45, 2.75) is 25.6 Å². The Morgan fingerprint density at radius 3 is 2.63 bits per heavy atom. The summed E-state index contributed by atoms with van der Waals surface area (Å²) in [6, 6.07) is 2.57. The molecular weight excluding hydrogens is 277 g/mol. The molecule has 0 saturated heterocycles. The molecule has 3 nitrogen and oxygen atoms in total. The lowest BCUT2D eigenvalue weighted by Crippen LogP contribution is -2.29. The smallest absolute Gasteiger partial charge is 0.417 e. The number of alkyl halides is 3. The van der Waals surface area contributed by atoms with E-state index in [9.17, 15) is 13.2 Å². The van der Waals surface area contributed by atoms with Crippen LogP contribution in [0.3, 0.4) is 0 Å². The number of furan rings is 1. The van der Waals surface area contributed by atoms with Crippen LogP contribution in [0.1, 0.15) is 35.6 Å². The van der Waals surface area contributed by atoms with E-state index in [1.54, 1.807) is 12.1 Å². The summed E-state index contributed by atoms with van der Waals surface area (Å²) in [6.07, 6.45) is -3.72. The van der Waals surface area contributed by atoms with Crippen LogP contribution < -0.4 is 11.3 Å². The van der Waals surface area contributed by atoms with Gasteiger partial charge in [-0.15, -0.1) is 0 Å². The first kappa shape index (κ1) is 14.1. The van der Waals surface area contributed by atoms with Gasteiger partial charge >= 0.3 is 6.18 Å². The van der Waals surface area contributed by atoms with Gasteiger partial charge in [-0.3, -0.25) is 5.84 Å². The van der Waals surface area contributed by atoms with Crippen molar-refractivity contribution in [2.24, 2.45) is 5.84 Å². The van der Waals surface area contributed by atoms with Gasteiger partial charge in [-0.1, -0.05) is 6.92 Å². The van der Waals surface area contributed by atoms with Crippen LogP contribution in [0.25, 0.3) is 0 Å². The molecule has 3 N–H and O–H groups in total. The molecule has 104 valence electrons. The third kappa shape index (κ3) is 2.83. The molecule has 0 aliphatic rings. The first-order chi connectivity index (χ1) is 8.97. The fourth-order valence-corrected chi connectivity index (χ4v) is 2.71. The minimum absolute atomic E-state index is 0.0806. The number of nitrogens with two attached hydrogens (primary N) is 1. The van der Waals surface area contributed by atoms with Gasteiger partial charge in [0.2, 0.25) is 0 Å². The number of rotatable bonds is 4. The van der Waals surface area contributed by atoms with E-state index in [4.69, 9.17) is 10.3 Å². The SMILES string of the molecule is CCc1ccc(C(NN)c2cscc2C(F)(F)F)o1. The molecule has 0 aromatic carbocycles. The van der Waals surface area contributed by atoms with Crippen LogP contribution in [-0.2, 0) is 12.6 Å². The Kier molecular flexibility index (Phi) is 3.98. The Morgan fingerprint density at radius 1 is 1.37 bits per heavy atom. The van der Waals surface area contributed by atoms with Crippen LogP contribution in [0.4, 0.5) is 13.2 Å². The third-order valence-electron chi connectivity index (χ3n) is 2.79. The van der Waals surface area contributed by atoms with Gasteiger partial charge in [0.25, 0.3) is 0 Å². The molecule has 19 heavy (non-hydrogen) atoms. The van der Waals surface area contributed by atoms with E-state index in [0.717, 1.165) is 16.7 Å². The Morgan fingerprint density at radius 2 is 2.11 bits per heavy atom. The van der Waals surface area contributed by atoms with Crippen LogP contribution >= 0.6 is 11.3 Å². The van der Waals surface area contributed by atoms with Crippen LogP contribution in [0.15, 0.2) is 27.3 Å². The fourth-order valence-electron chi connectivity index (χ4n) is 1.83. The van der Waals surface area contributed by atoms with Crippen molar-refractivity contribution in [1.29, 1.82) is 0 Å². The number of hydrogen-bond acceptors (Lipinski definition) is 4. The summed E-state index contributed by atoms with van der Waals surface area (Å²) in [6.45, 7) is 1.90. The van der Waals surface area contributed by atoms with Crippen LogP contribution in [0, 0.1) is 0 Å². The Bertz CT molecular complexity index is 547. The summed E-state index contributed by atoms with van der Waals surface area (Å²) in [5.41, 5.74) is 1.78. The molecule has 0 fully saturated rings. The maximum atomic E-state index is 12.9. The summed E-state index contributed by atoms with van der Waals surface area (Å²) >= 11 is 0.987. The van der Waals surface area contributed by atoms with Crippen molar-refractivity contribution in [1.82, 2.24) is 5.43 Å². The Labute approximate surface area is 112 Å². The molecule has 0 aliphatic heterocycles. The highest BCUT2D eigenvalue weighted by Crippen LogP contribution is 2.38. The summed E-state index contributed by atoms with van der Waals surface area (Å²) in [7, 11) is 0. The maximum absolute atomic E-state index is 12.9. The lowest BCUT2D eigenvalue weighted by molar-refractivity contribution is -0.138. The number of nitrogens with one attached hydrogen (secondary N) is 1. The zero-order valence-electron chi connectivity index (χ0n) is 10.1. The van der Waals surface area contributed by atoms with Crippen molar-refractivity contribution in [2.75, 3.05) is 0 Å². The van der Waals surface area contributed by atoms with Gasteiger partial charge in [-0.2, -0.15) is 24.5 Å². The molecule has 0 bridgehead atoms. The summed E-state index contributed by atoms with van der Waals surface area (Å²) < 4.78 is 44.1. The first-order valence-corrected chi connectivity index (χ1v) is 6.59. The highest BCUT2D eigenvalue weighted by Gasteiger charge is 2.36. The second kappa shape index (κ2) is 5.36. The molecule has 2 aromatic rings. The molecule has 7 heteroatoms. The molecule has 0 spiro atoms. The topological polar surface area (TPSA) is 51.2 Å². The molecular formula is C12H13F3N2OS. The van der Waals surface area contributed by atoms with E-state index in [2.05, 4.69) is 5.43 Å². The quantitative estimate of drug-likeness (QED) is 0.669. The first-order valence-electron chi connectivity index (χ1n) is 5.65. The third-order valence-corrected chi connectivity index (χ3v) is 3.55. The van der Waals surface area contributed by atoms with Crippen molar-refractivity contribution in [3.63, 3.8) is 0 Å². The Hall–Kier alpha value is -1.31. The number of hydrazine groups is 1. The molecule has 2 rings (SSSR count). The second-order valence-electron chi connectivity index (χ2n) is 4.00. The zero-order valence-corrected chi connectivity index (χ0v) is 10.9. The number of aryl methyl sites for hydroxylation is 1. The second-order valence-corrected chi connectivity index (χ2v) is 4.74. The standard InChI is InChI=1S/C12H13F3N2OS/c1-2-7-3-4-10(18-7)11(17-16)8-5-19-6-9(8)12(13,14)15/h3-6,11,17H,2,16H2,1H3. The normalized spacial score (nSPS) is 13.7. The van der Waals surface area contributed by atoms with Gasteiger partial charge in [0.1, 0.15) is 17.6 Å². The van der Waals surface area contributed by atoms with Crippen LogP contribution in [-0.4, -0.2) is 0 Å². The summed E-state index contributed by atoms with van der Waals surface area (Å²) in [4.78, 5) is 0. The lowest BCUT2D eigenvalue weighted by Gasteiger charge is -2.16. The van der Waals surface area contributed by atoms with Gasteiger partial charge < -0.3 is 4.42 Å². The van der Waals surface area contributed by atoms with Gasteiger partial charge in [-0.25, -0.2) is 5.43 Å². The molecule has 0 amide bonds. The van der Waals surface area contributed by atoms with Gasteiger partial charge in [0, 0.05) is 17.4 Å². The fraction of sp³-hybridized carbons (Fsp3) is 0.333. The number of hydrogen-bond donors (Lipinski definition) is 2. The lowest BCUT2D eigenvalue weighted by atomic mass is 10.0. The molecule has 0 aliphatic carbocycles. The van der Waals surface area contributed by atoms with Gasteiger partial charge in [0.15, 0.2) is 0 Å². The van der Waals surface area contributed by atoms with Crippen molar-refractivity contribution < 1.29 is 17.6 Å². The average molecular weight is 290 g/mol. The monoisotopic (exact) mass is 290 g/mol. The molecule has 1 unspecified atom stereocenters. The minimum Gasteiger partial charge on any atom is -0.464 e. The van der Waals surface area contributed by atoms with E-state index in [1.807, 2.05) is 6.92 Å². The van der Waals surface area contributed by atoms with Gasteiger partial charge in [0.05, 0.1) is 5.56 Å². The van der Waals surface area contributed by atoms with E-state index < -0.39 is 17.8 Å². The maximum Gasteiger partial charge on any atom is 0.417 e. The van der Waals surface area contributed by atoms with Crippen LogP contribution in [0.5, 0.6) is 0 Å². The molecule has 2 heterocycles. The molecule has 0 saturated carbocycles. The number of thiophene rings is 1. The van der Waals surface area contributed by atoms with Crippen LogP contribution in [0.2, 0.25) is 0 Å². The van der Waals surface area contributed by atoms with Crippen molar-refractivity contribution >= 4 is 11.3 Å². The predicted molar refractivity (Wildman–Crippen MR) is 66.6 cm³/mol. The predicted octanol–water partition coefficient (Wildman–Crippen LogP) is 3.48. The van der Waals surface area contributed by atoms with Gasteiger partial charge in [-0.05, 0) is 17.5 Å². The van der Waals surface area contributed by atoms with E-state index in [1.165, 1.54) is 5.38 Å². The van der Waals surface area contributed by atoms with Crippen molar-refractivity contribution in [3.05, 3.63) is 45.5 Å². The van der Waals surface area contributed by atoms with E-state index in [0.29, 0.717) is 17.9 Å². The minimum atomic E-state index is -4.40. The highest BCUT2D eigenvalue weighted by molar-refractivity contribution is 7.08. The summed E-state index contributed by atoms with van der Waals surface area (Å²) in [5.74, 6) is 6.47. The highest BCUT2D eigenvalue weighted by atomic mass is 32.1. The largest absolute Gasteiger partial charge is 0.464 e. The Balaban J connectivity index is 2.40. The molecule has 1 atom stereocenters.